The number of anilines is 1. The molecule has 1 amide bonds. The second kappa shape index (κ2) is 8.25. The van der Waals surface area contributed by atoms with Crippen molar-refractivity contribution in [3.63, 3.8) is 0 Å². The zero-order valence-corrected chi connectivity index (χ0v) is 15.2. The fraction of sp³-hybridized carbons (Fsp3) is 0.100. The van der Waals surface area contributed by atoms with E-state index in [9.17, 15) is 9.59 Å². The first-order valence-corrected chi connectivity index (χ1v) is 8.97. The molecule has 0 aliphatic carbocycles. The lowest BCUT2D eigenvalue weighted by Crippen LogP contribution is -2.29. The van der Waals surface area contributed by atoms with Crippen molar-refractivity contribution in [3.8, 4) is 6.07 Å². The minimum absolute atomic E-state index is 0.371. The van der Waals surface area contributed by atoms with Crippen LogP contribution in [0.3, 0.4) is 0 Å². The number of rotatable bonds is 5. The van der Waals surface area contributed by atoms with Gasteiger partial charge in [-0.05, 0) is 30.5 Å². The highest BCUT2D eigenvalue weighted by Gasteiger charge is 2.18. The van der Waals surface area contributed by atoms with Gasteiger partial charge in [-0.3, -0.25) is 9.78 Å². The van der Waals surface area contributed by atoms with E-state index >= 15 is 0 Å². The van der Waals surface area contributed by atoms with Crippen LogP contribution in [-0.4, -0.2) is 23.0 Å². The van der Waals surface area contributed by atoms with Crippen LogP contribution in [0, 0.1) is 11.3 Å². The van der Waals surface area contributed by atoms with E-state index in [4.69, 9.17) is 10.00 Å². The molecule has 1 aromatic carbocycles. The summed E-state index contributed by atoms with van der Waals surface area (Å²) in [6, 6.07) is 13.0. The van der Waals surface area contributed by atoms with Crippen LogP contribution in [0.2, 0.25) is 0 Å². The van der Waals surface area contributed by atoms with Crippen molar-refractivity contribution in [1.29, 1.82) is 5.26 Å². The zero-order chi connectivity index (χ0) is 19.2. The highest BCUT2D eigenvalue weighted by Crippen LogP contribution is 2.22. The van der Waals surface area contributed by atoms with Crippen LogP contribution < -0.4 is 5.32 Å². The van der Waals surface area contributed by atoms with E-state index in [1.807, 2.05) is 36.4 Å². The number of hydrogen-bond donors (Lipinski definition) is 1. The summed E-state index contributed by atoms with van der Waals surface area (Å²) in [5.41, 5.74) is 1.92. The van der Waals surface area contributed by atoms with E-state index in [0.29, 0.717) is 10.6 Å². The number of nitrogens with one attached hydrogen (secondary N) is 1. The Morgan fingerprint density at radius 2 is 2.11 bits per heavy atom. The van der Waals surface area contributed by atoms with Crippen molar-refractivity contribution >= 4 is 45.2 Å². The van der Waals surface area contributed by atoms with E-state index in [2.05, 4.69) is 10.3 Å². The molecule has 0 bridgehead atoms. The number of hydrogen-bond acceptors (Lipinski definition) is 6. The van der Waals surface area contributed by atoms with Gasteiger partial charge in [0.25, 0.3) is 5.91 Å². The van der Waals surface area contributed by atoms with E-state index in [-0.39, 0.29) is 0 Å². The molecule has 134 valence electrons. The van der Waals surface area contributed by atoms with Crippen LogP contribution in [-0.2, 0) is 14.3 Å². The number of carbonyl (C=O) groups excluding carboxylic acids is 2. The maximum atomic E-state index is 12.1. The van der Waals surface area contributed by atoms with Crippen molar-refractivity contribution < 1.29 is 14.3 Å². The van der Waals surface area contributed by atoms with Crippen LogP contribution in [0.25, 0.3) is 17.0 Å². The van der Waals surface area contributed by atoms with Crippen LogP contribution in [0.1, 0.15) is 18.1 Å². The number of nitriles is 1. The Hall–Kier alpha value is -3.50. The number of aromatic nitrogens is 1. The highest BCUT2D eigenvalue weighted by molar-refractivity contribution is 7.14. The lowest BCUT2D eigenvalue weighted by atomic mass is 10.1. The molecule has 3 rings (SSSR count). The molecule has 0 aliphatic heterocycles. The second-order valence-electron chi connectivity index (χ2n) is 5.60. The first-order chi connectivity index (χ1) is 13.1. The lowest BCUT2D eigenvalue weighted by molar-refractivity contribution is -0.148. The summed E-state index contributed by atoms with van der Waals surface area (Å²) in [6.45, 7) is 1.47. The molecule has 2 heterocycles. The normalized spacial score (nSPS) is 11.9. The Morgan fingerprint density at radius 1 is 1.30 bits per heavy atom. The molecule has 0 saturated heterocycles. The summed E-state index contributed by atoms with van der Waals surface area (Å²) in [6.07, 6.45) is 3.56. The van der Waals surface area contributed by atoms with Gasteiger partial charge in [-0.2, -0.15) is 5.26 Å². The van der Waals surface area contributed by atoms with Gasteiger partial charge in [0.2, 0.25) is 0 Å². The SMILES string of the molecule is CC(OC(=O)/C=C/c1cccc2cccnc12)C(=O)Nc1sccc1C#N. The number of para-hydroxylation sites is 1. The van der Waals surface area contributed by atoms with Gasteiger partial charge in [-0.25, -0.2) is 4.79 Å². The predicted molar refractivity (Wildman–Crippen MR) is 104 cm³/mol. The molecule has 0 saturated carbocycles. The van der Waals surface area contributed by atoms with Gasteiger partial charge in [0.1, 0.15) is 11.1 Å². The topological polar surface area (TPSA) is 92.1 Å². The maximum absolute atomic E-state index is 12.1. The standard InChI is InChI=1S/C20H15N3O3S/c1-13(19(25)23-20-16(12-21)9-11-27-20)26-17(24)8-7-15-5-2-4-14-6-3-10-22-18(14)15/h2-11,13H,1H3,(H,23,25)/b8-7+. The number of nitrogens with zero attached hydrogens (tertiary/aromatic N) is 2. The van der Waals surface area contributed by atoms with Crippen LogP contribution in [0.15, 0.2) is 54.1 Å². The number of ether oxygens (including phenoxy) is 1. The first kappa shape index (κ1) is 18.3. The Labute approximate surface area is 159 Å². The average molecular weight is 377 g/mol. The number of amides is 1. The first-order valence-electron chi connectivity index (χ1n) is 8.09. The highest BCUT2D eigenvalue weighted by atomic mass is 32.1. The van der Waals surface area contributed by atoms with Gasteiger partial charge in [0.05, 0.1) is 11.1 Å². The fourth-order valence-electron chi connectivity index (χ4n) is 2.39. The van der Waals surface area contributed by atoms with Crippen LogP contribution in [0.5, 0.6) is 0 Å². The monoisotopic (exact) mass is 377 g/mol. The van der Waals surface area contributed by atoms with E-state index in [1.165, 1.54) is 24.3 Å². The summed E-state index contributed by atoms with van der Waals surface area (Å²) in [5.74, 6) is -1.14. The molecule has 0 radical (unpaired) electrons. The zero-order valence-electron chi connectivity index (χ0n) is 14.4. The largest absolute Gasteiger partial charge is 0.449 e. The second-order valence-corrected chi connectivity index (χ2v) is 6.52. The molecule has 2 aromatic heterocycles. The van der Waals surface area contributed by atoms with Crippen molar-refractivity contribution in [2.45, 2.75) is 13.0 Å². The molecule has 0 aliphatic rings. The van der Waals surface area contributed by atoms with Crippen LogP contribution in [0.4, 0.5) is 5.00 Å². The Morgan fingerprint density at radius 3 is 2.93 bits per heavy atom. The fourth-order valence-corrected chi connectivity index (χ4v) is 3.14. The third kappa shape index (κ3) is 4.37. The lowest BCUT2D eigenvalue weighted by Gasteiger charge is -2.11. The van der Waals surface area contributed by atoms with Crippen LogP contribution >= 0.6 is 11.3 Å². The molecular formula is C20H15N3O3S. The van der Waals surface area contributed by atoms with Gasteiger partial charge >= 0.3 is 5.97 Å². The summed E-state index contributed by atoms with van der Waals surface area (Å²) in [4.78, 5) is 28.5. The van der Waals surface area contributed by atoms with E-state index in [1.54, 1.807) is 23.7 Å². The average Bonchev–Trinajstić information content (AvgIpc) is 3.13. The molecule has 0 spiro atoms. The number of fused-ring (bicyclic) bond motifs is 1. The van der Waals surface area contributed by atoms with Crippen molar-refractivity contribution in [2.24, 2.45) is 0 Å². The summed E-state index contributed by atoms with van der Waals surface area (Å²) in [5, 5.41) is 14.7. The van der Waals surface area contributed by atoms with Gasteiger partial charge < -0.3 is 10.1 Å². The summed E-state index contributed by atoms with van der Waals surface area (Å²) >= 11 is 1.23. The molecule has 3 aromatic rings. The quantitative estimate of drug-likeness (QED) is 0.540. The molecule has 1 unspecified atom stereocenters. The Bertz CT molecular complexity index is 1060. The summed E-state index contributed by atoms with van der Waals surface area (Å²) < 4.78 is 5.13. The van der Waals surface area contributed by atoms with Gasteiger partial charge in [0.15, 0.2) is 6.10 Å². The predicted octanol–water partition coefficient (Wildman–Crippen LogP) is 3.75. The minimum atomic E-state index is -0.999. The third-order valence-corrected chi connectivity index (χ3v) is 4.58. The molecule has 27 heavy (non-hydrogen) atoms. The molecule has 1 atom stereocenters. The molecule has 7 heteroatoms. The van der Waals surface area contributed by atoms with Gasteiger partial charge in [-0.1, -0.05) is 24.3 Å². The maximum Gasteiger partial charge on any atom is 0.331 e. The number of pyridine rings is 1. The number of benzene rings is 1. The minimum Gasteiger partial charge on any atom is -0.449 e. The molecular weight excluding hydrogens is 362 g/mol. The Balaban J connectivity index is 1.63. The van der Waals surface area contributed by atoms with Crippen molar-refractivity contribution in [2.75, 3.05) is 5.32 Å². The summed E-state index contributed by atoms with van der Waals surface area (Å²) in [7, 11) is 0. The van der Waals surface area contributed by atoms with E-state index in [0.717, 1.165) is 16.5 Å². The smallest absolute Gasteiger partial charge is 0.331 e. The number of esters is 1. The van der Waals surface area contributed by atoms with Gasteiger partial charge in [0, 0.05) is 23.2 Å². The number of thiophene rings is 1. The molecule has 6 nitrogen and oxygen atoms in total. The van der Waals surface area contributed by atoms with Crippen molar-refractivity contribution in [3.05, 3.63) is 65.2 Å². The number of carbonyl (C=O) groups is 2. The van der Waals surface area contributed by atoms with Crippen molar-refractivity contribution in [1.82, 2.24) is 4.98 Å². The Kier molecular flexibility index (Phi) is 5.59. The van der Waals surface area contributed by atoms with E-state index < -0.39 is 18.0 Å². The molecule has 0 fully saturated rings. The van der Waals surface area contributed by atoms with Gasteiger partial charge in [-0.15, -0.1) is 11.3 Å². The third-order valence-electron chi connectivity index (χ3n) is 3.75. The molecule has 1 N–H and O–H groups in total.